The molecule has 30 heavy (non-hydrogen) atoms. The van der Waals surface area contributed by atoms with Crippen molar-refractivity contribution >= 4 is 44.7 Å². The largest absolute Gasteiger partial charge is 0.478 e. The summed E-state index contributed by atoms with van der Waals surface area (Å²) in [5.74, 6) is -3.22. The van der Waals surface area contributed by atoms with Crippen molar-refractivity contribution in [2.45, 2.75) is 11.4 Å². The number of carboxylic acids is 1. The number of aliphatic carboxylic acids is 1. The Morgan fingerprint density at radius 2 is 1.50 bits per heavy atom. The highest BCUT2D eigenvalue weighted by molar-refractivity contribution is 8.82. The molecule has 2 aromatic rings. The van der Waals surface area contributed by atoms with Crippen molar-refractivity contribution in [3.8, 4) is 5.75 Å². The number of ether oxygens (including phenoxy) is 2. The number of rotatable bonds is 8. The first-order valence-corrected chi connectivity index (χ1v) is 10.8. The van der Waals surface area contributed by atoms with Crippen LogP contribution < -0.4 is 4.74 Å². The van der Waals surface area contributed by atoms with E-state index in [-0.39, 0.29) is 11.3 Å². The predicted octanol–water partition coefficient (Wildman–Crippen LogP) is 3.33. The van der Waals surface area contributed by atoms with Crippen LogP contribution in [-0.2, 0) is 14.3 Å². The summed E-state index contributed by atoms with van der Waals surface area (Å²) in [4.78, 5) is 50.1. The summed E-state index contributed by atoms with van der Waals surface area (Å²) >= 11 is 0. The summed E-state index contributed by atoms with van der Waals surface area (Å²) < 4.78 is 10.3. The molecule has 1 amide bonds. The molecule has 0 fully saturated rings. The van der Waals surface area contributed by atoms with E-state index in [2.05, 4.69) is 0 Å². The maximum atomic E-state index is 12.7. The molecular formula is C20H19NO7S2. The maximum Gasteiger partial charge on any atom is 0.346 e. The van der Waals surface area contributed by atoms with Gasteiger partial charge in [-0.25, -0.2) is 9.59 Å². The summed E-state index contributed by atoms with van der Waals surface area (Å²) in [7, 11) is 4.32. The lowest BCUT2D eigenvalue weighted by Gasteiger charge is -2.22. The third-order valence-corrected chi connectivity index (χ3v) is 6.13. The van der Waals surface area contributed by atoms with Gasteiger partial charge >= 0.3 is 17.9 Å². The van der Waals surface area contributed by atoms with Crippen LogP contribution in [0.3, 0.4) is 0 Å². The second-order valence-electron chi connectivity index (χ2n) is 6.02. The molecule has 2 rings (SSSR count). The molecule has 2 atom stereocenters. The van der Waals surface area contributed by atoms with Crippen LogP contribution in [0.4, 0.5) is 4.79 Å². The summed E-state index contributed by atoms with van der Waals surface area (Å²) in [5.41, 5.74) is 0.126. The van der Waals surface area contributed by atoms with Gasteiger partial charge in [0, 0.05) is 24.9 Å². The fourth-order valence-corrected chi connectivity index (χ4v) is 4.32. The molecule has 0 spiro atoms. The zero-order chi connectivity index (χ0) is 22.1. The van der Waals surface area contributed by atoms with Crippen LogP contribution in [0, 0.1) is 0 Å². The molecule has 0 saturated carbocycles. The number of hydrogen-bond donors (Lipinski definition) is 1. The minimum atomic E-state index is -1.87. The quantitative estimate of drug-likeness (QED) is 0.368. The fraction of sp³-hybridized carbons (Fsp3) is 0.200. The van der Waals surface area contributed by atoms with Crippen LogP contribution in [-0.4, -0.2) is 58.6 Å². The molecule has 10 heteroatoms. The first kappa shape index (κ1) is 23.3. The molecule has 158 valence electrons. The van der Waals surface area contributed by atoms with Gasteiger partial charge in [0.2, 0.25) is 6.10 Å². The first-order valence-electron chi connectivity index (χ1n) is 8.59. The molecule has 8 nitrogen and oxygen atoms in total. The molecule has 0 bridgehead atoms. The van der Waals surface area contributed by atoms with Crippen molar-refractivity contribution in [1.29, 1.82) is 0 Å². The number of para-hydroxylation sites is 1. The van der Waals surface area contributed by atoms with Gasteiger partial charge < -0.3 is 19.5 Å². The normalized spacial score (nSPS) is 12.3. The summed E-state index contributed by atoms with van der Waals surface area (Å²) in [5, 5.41) is 7.71. The number of nitrogens with zero attached hydrogens (tertiary/aromatic N) is 1. The van der Waals surface area contributed by atoms with Gasteiger partial charge in [0.15, 0.2) is 5.25 Å². The van der Waals surface area contributed by atoms with E-state index in [1.807, 2.05) is 0 Å². The highest BCUT2D eigenvalue weighted by Gasteiger charge is 2.40. The molecule has 0 aliphatic rings. The Bertz CT molecular complexity index is 891. The van der Waals surface area contributed by atoms with Gasteiger partial charge in [-0.3, -0.25) is 9.59 Å². The van der Waals surface area contributed by atoms with E-state index >= 15 is 0 Å². The minimum absolute atomic E-state index is 0.126. The molecule has 0 heterocycles. The Morgan fingerprint density at radius 3 is 2.03 bits per heavy atom. The van der Waals surface area contributed by atoms with E-state index in [0.717, 1.165) is 0 Å². The van der Waals surface area contributed by atoms with Crippen molar-refractivity contribution in [3.05, 3.63) is 66.2 Å². The molecular weight excluding hydrogens is 430 g/mol. The van der Waals surface area contributed by atoms with Crippen LogP contribution in [0.25, 0.3) is 0 Å². The lowest BCUT2D eigenvalue weighted by Crippen LogP contribution is -2.42. The van der Waals surface area contributed by atoms with Gasteiger partial charge in [-0.15, -0.1) is 0 Å². The Hall–Kier alpha value is -2.98. The predicted molar refractivity (Wildman–Crippen MR) is 113 cm³/mol. The third-order valence-electron chi connectivity index (χ3n) is 3.54. The van der Waals surface area contributed by atoms with Gasteiger partial charge in [0.1, 0.15) is 5.75 Å². The lowest BCUT2D eigenvalue weighted by molar-refractivity contribution is -0.151. The number of benzene rings is 2. The first-order chi connectivity index (χ1) is 14.3. The Kier molecular flexibility index (Phi) is 8.75. The molecule has 0 aliphatic heterocycles. The molecule has 0 aliphatic carbocycles. The number of carbonyl (C=O) groups is 4. The van der Waals surface area contributed by atoms with Crippen molar-refractivity contribution in [2.24, 2.45) is 0 Å². The fourth-order valence-electron chi connectivity index (χ4n) is 2.04. The highest BCUT2D eigenvalue weighted by atomic mass is 33.1. The third kappa shape index (κ3) is 6.82. The van der Waals surface area contributed by atoms with Crippen molar-refractivity contribution in [3.63, 3.8) is 0 Å². The van der Waals surface area contributed by atoms with Crippen LogP contribution in [0.1, 0.15) is 10.4 Å². The number of carbonyl (C=O) groups excluding carboxylic acids is 3. The standard InChI is InChI=1S/C20H19NO7S2/c1-21(2)20(26)30-29-16(19(25)27-14-11-7-4-8-12-14)15(17(22)23)28-18(24)13-9-5-3-6-10-13/h3-12,15-16H,1-2H3,(H,22,23). The topological polar surface area (TPSA) is 110 Å². The second-order valence-corrected chi connectivity index (χ2v) is 8.32. The van der Waals surface area contributed by atoms with Crippen LogP contribution in [0.5, 0.6) is 5.75 Å². The maximum absolute atomic E-state index is 12.7. The zero-order valence-corrected chi connectivity index (χ0v) is 17.7. The number of hydrogen-bond acceptors (Lipinski definition) is 8. The van der Waals surface area contributed by atoms with Gasteiger partial charge in [-0.2, -0.15) is 0 Å². The average molecular weight is 450 g/mol. The highest BCUT2D eigenvalue weighted by Crippen LogP contribution is 2.33. The van der Waals surface area contributed by atoms with E-state index in [9.17, 15) is 24.3 Å². The van der Waals surface area contributed by atoms with Gasteiger partial charge in [0.05, 0.1) is 5.56 Å². The second kappa shape index (κ2) is 11.3. The number of esters is 2. The van der Waals surface area contributed by atoms with E-state index < -0.39 is 34.5 Å². The van der Waals surface area contributed by atoms with E-state index in [0.29, 0.717) is 21.6 Å². The van der Waals surface area contributed by atoms with Crippen molar-refractivity contribution in [1.82, 2.24) is 4.90 Å². The number of carboxylic acid groups (broad SMARTS) is 1. The van der Waals surface area contributed by atoms with E-state index in [4.69, 9.17) is 9.47 Å². The van der Waals surface area contributed by atoms with Gasteiger partial charge in [-0.1, -0.05) is 47.2 Å². The molecule has 0 radical (unpaired) electrons. The van der Waals surface area contributed by atoms with Crippen molar-refractivity contribution < 1.29 is 33.8 Å². The van der Waals surface area contributed by atoms with Gasteiger partial charge in [0.25, 0.3) is 5.24 Å². The van der Waals surface area contributed by atoms with Crippen molar-refractivity contribution in [2.75, 3.05) is 14.1 Å². The molecule has 2 unspecified atom stereocenters. The number of amides is 1. The molecule has 2 aromatic carbocycles. The molecule has 0 aromatic heterocycles. The Morgan fingerprint density at radius 1 is 0.933 bits per heavy atom. The van der Waals surface area contributed by atoms with E-state index in [1.165, 1.54) is 43.3 Å². The zero-order valence-electron chi connectivity index (χ0n) is 16.1. The SMILES string of the molecule is CN(C)C(=O)SSC(C(=O)Oc1ccccc1)C(OC(=O)c1ccccc1)C(=O)O. The molecule has 0 saturated heterocycles. The summed E-state index contributed by atoms with van der Waals surface area (Å²) in [6.07, 6.45) is -1.87. The lowest BCUT2D eigenvalue weighted by atomic mass is 10.2. The molecule has 1 N–H and O–H groups in total. The van der Waals surface area contributed by atoms with Crippen LogP contribution in [0.2, 0.25) is 0 Å². The van der Waals surface area contributed by atoms with E-state index in [1.54, 1.807) is 36.4 Å². The minimum Gasteiger partial charge on any atom is -0.478 e. The van der Waals surface area contributed by atoms with Crippen LogP contribution >= 0.6 is 21.6 Å². The summed E-state index contributed by atoms with van der Waals surface area (Å²) in [6.45, 7) is 0. The Balaban J connectivity index is 2.25. The monoisotopic (exact) mass is 449 g/mol. The van der Waals surface area contributed by atoms with Crippen LogP contribution in [0.15, 0.2) is 60.7 Å². The van der Waals surface area contributed by atoms with Gasteiger partial charge in [-0.05, 0) is 24.3 Å². The Labute approximate surface area is 180 Å². The smallest absolute Gasteiger partial charge is 0.346 e. The summed E-state index contributed by atoms with van der Waals surface area (Å²) in [6, 6.07) is 15.8. The average Bonchev–Trinajstić information content (AvgIpc) is 2.73.